The van der Waals surface area contributed by atoms with Crippen LogP contribution >= 0.6 is 11.6 Å². The molecule has 296 valence electrons. The second kappa shape index (κ2) is 10.5. The van der Waals surface area contributed by atoms with Gasteiger partial charge >= 0.3 is 0 Å². The number of alkyl halides is 1. The molecule has 0 amide bonds. The summed E-state index contributed by atoms with van der Waals surface area (Å²) in [5, 5.41) is 0. The van der Waals surface area contributed by atoms with E-state index in [0.717, 1.165) is 0 Å². The predicted molar refractivity (Wildman–Crippen MR) is 193 cm³/mol. The minimum absolute atomic E-state index is 0.00435. The molecular weight excluding hydrogens is 756 g/mol. The van der Waals surface area contributed by atoms with Gasteiger partial charge in [-0.2, -0.15) is 0 Å². The summed E-state index contributed by atoms with van der Waals surface area (Å²) in [5.41, 5.74) is 0.0304. The first-order chi connectivity index (χ1) is 25.9. The molecule has 0 atom stereocenters. The molecular formula is C40H39ClO15. The van der Waals surface area contributed by atoms with Gasteiger partial charge in [0.05, 0.1) is 16.7 Å². The predicted octanol–water partition coefficient (Wildman–Crippen LogP) is 7.70. The third-order valence-corrected chi connectivity index (χ3v) is 10.2. The summed E-state index contributed by atoms with van der Waals surface area (Å²) in [4.78, 5) is 36.6. The summed E-state index contributed by atoms with van der Waals surface area (Å²) in [5.74, 6) is -8.36. The number of hydrogen-bond donors (Lipinski definition) is 0. The lowest BCUT2D eigenvalue weighted by Crippen LogP contribution is -2.34. The molecule has 0 unspecified atom stereocenters. The van der Waals surface area contributed by atoms with Crippen molar-refractivity contribution in [1.82, 2.24) is 0 Å². The SMILES string of the molecule is CC1(C)Oc2c(C=O)c3c(c(C(Cl)(c4c5c(c(C=O)c6c4OC(C)(C)O6)OC(C)(C)O5)c4c5c(c(C=O)c6c4OC(C)(C)O6)OC(C)(C)O5)c2O1)OC(C)(C)O3. The number of carbonyl (C=O) groups excluding carboxylic acids is 3. The Hall–Kier alpha value is -5.44. The number of rotatable bonds is 6. The highest BCUT2D eigenvalue weighted by Crippen LogP contribution is 2.72. The molecule has 0 saturated heterocycles. The van der Waals surface area contributed by atoms with E-state index in [1.807, 2.05) is 0 Å². The summed E-state index contributed by atoms with van der Waals surface area (Å²) in [6.45, 7) is 19.8. The Morgan fingerprint density at radius 2 is 0.464 bits per heavy atom. The molecule has 0 aromatic heterocycles. The Kier molecular flexibility index (Phi) is 6.78. The lowest BCUT2D eigenvalue weighted by molar-refractivity contribution is -0.0493. The van der Waals surface area contributed by atoms with Crippen LogP contribution in [0.3, 0.4) is 0 Å². The molecule has 0 saturated carbocycles. The highest BCUT2D eigenvalue weighted by molar-refractivity contribution is 6.30. The highest BCUT2D eigenvalue weighted by Gasteiger charge is 2.61. The second-order valence-electron chi connectivity index (χ2n) is 17.0. The van der Waals surface area contributed by atoms with Gasteiger partial charge in [0.15, 0.2) is 87.9 Å². The molecule has 6 heterocycles. The van der Waals surface area contributed by atoms with E-state index < -0.39 is 39.6 Å². The van der Waals surface area contributed by atoms with Crippen LogP contribution in [0.2, 0.25) is 0 Å². The molecule has 6 aliphatic rings. The number of aldehydes is 3. The molecule has 0 spiro atoms. The molecule has 3 aromatic rings. The van der Waals surface area contributed by atoms with Gasteiger partial charge in [-0.05, 0) is 0 Å². The maximum atomic E-state index is 13.0. The molecule has 0 aliphatic carbocycles. The van der Waals surface area contributed by atoms with Gasteiger partial charge in [-0.3, -0.25) is 14.4 Å². The molecule has 6 aliphatic heterocycles. The van der Waals surface area contributed by atoms with E-state index in [1.165, 1.54) is 0 Å². The Morgan fingerprint density at radius 3 is 0.607 bits per heavy atom. The number of carbonyl (C=O) groups is 3. The monoisotopic (exact) mass is 794 g/mol. The summed E-state index contributed by atoms with van der Waals surface area (Å²) in [6, 6.07) is 0. The van der Waals surface area contributed by atoms with Gasteiger partial charge in [-0.25, -0.2) is 0 Å². The third-order valence-electron chi connectivity index (χ3n) is 9.63. The van der Waals surface area contributed by atoms with Crippen LogP contribution in [-0.2, 0) is 4.87 Å². The van der Waals surface area contributed by atoms with Crippen molar-refractivity contribution in [3.8, 4) is 69.0 Å². The quantitative estimate of drug-likeness (QED) is 0.135. The summed E-state index contributed by atoms with van der Waals surface area (Å²) in [6.07, 6.45) is 1.73. The van der Waals surface area contributed by atoms with Gasteiger partial charge in [0, 0.05) is 83.1 Å². The van der Waals surface area contributed by atoms with Gasteiger partial charge < -0.3 is 56.8 Å². The first-order valence-corrected chi connectivity index (χ1v) is 18.3. The number of benzene rings is 3. The largest absolute Gasteiger partial charge is 0.448 e. The molecule has 0 fully saturated rings. The molecule has 56 heavy (non-hydrogen) atoms. The van der Waals surface area contributed by atoms with Gasteiger partial charge in [0.25, 0.3) is 0 Å². The molecule has 3 aromatic carbocycles. The van der Waals surface area contributed by atoms with Crippen LogP contribution in [0, 0.1) is 0 Å². The average molecular weight is 795 g/mol. The van der Waals surface area contributed by atoms with Crippen molar-refractivity contribution in [2.45, 2.75) is 123 Å². The Morgan fingerprint density at radius 1 is 0.321 bits per heavy atom. The van der Waals surface area contributed by atoms with Crippen LogP contribution in [0.25, 0.3) is 0 Å². The number of halogens is 1. The van der Waals surface area contributed by atoms with Crippen molar-refractivity contribution in [2.24, 2.45) is 0 Å². The van der Waals surface area contributed by atoms with Gasteiger partial charge in [0.2, 0.25) is 34.7 Å². The summed E-state index contributed by atoms with van der Waals surface area (Å²) < 4.78 is 77.5. The van der Waals surface area contributed by atoms with E-state index in [-0.39, 0.29) is 102 Å². The van der Waals surface area contributed by atoms with Crippen LogP contribution in [0.15, 0.2) is 0 Å². The fourth-order valence-corrected chi connectivity index (χ4v) is 8.45. The molecule has 15 nitrogen and oxygen atoms in total. The van der Waals surface area contributed by atoms with Gasteiger partial charge in [0.1, 0.15) is 21.6 Å². The normalized spacial score (nSPS) is 21.6. The molecule has 0 radical (unpaired) electrons. The fourth-order valence-electron chi connectivity index (χ4n) is 7.94. The first kappa shape index (κ1) is 36.2. The Labute approximate surface area is 326 Å². The van der Waals surface area contributed by atoms with Crippen molar-refractivity contribution in [3.05, 3.63) is 33.4 Å². The second-order valence-corrected chi connectivity index (χ2v) is 17.5. The minimum Gasteiger partial charge on any atom is -0.448 e. The maximum Gasteiger partial charge on any atom is 0.246 e. The van der Waals surface area contributed by atoms with E-state index in [9.17, 15) is 14.4 Å². The fraction of sp³-hybridized carbons (Fsp3) is 0.475. The summed E-state index contributed by atoms with van der Waals surface area (Å²) in [7, 11) is 0. The number of hydrogen-bond acceptors (Lipinski definition) is 15. The molecule has 9 rings (SSSR count). The van der Waals surface area contributed by atoms with E-state index in [4.69, 9.17) is 68.4 Å². The van der Waals surface area contributed by atoms with Gasteiger partial charge in [-0.1, -0.05) is 0 Å². The van der Waals surface area contributed by atoms with Crippen LogP contribution < -0.4 is 56.8 Å². The first-order valence-electron chi connectivity index (χ1n) is 17.9. The molecule has 0 bridgehead atoms. The van der Waals surface area contributed by atoms with Crippen LogP contribution in [0.4, 0.5) is 0 Å². The minimum atomic E-state index is -2.31. The van der Waals surface area contributed by atoms with Crippen molar-refractivity contribution in [2.75, 3.05) is 0 Å². The maximum absolute atomic E-state index is 13.0. The standard InChI is InChI=1S/C40H39ClO15/c1-34(2)45-22-16(13-42)23-29(52-35(3,4)46-23)19(28(22)51-34)40(41,20-30-24(47-36(5,6)53-30)17(14-43)25-31(20)54-37(7,8)48-25)21-32-26(49-38(9,10)55-32)18(15-44)27-33(21)56-39(11,12)50-27/h13-15H,1-12H3. The van der Waals surface area contributed by atoms with Crippen molar-refractivity contribution in [3.63, 3.8) is 0 Å². The number of fused-ring (bicyclic) bond motifs is 6. The topological polar surface area (TPSA) is 162 Å². The van der Waals surface area contributed by atoms with Crippen molar-refractivity contribution in [1.29, 1.82) is 0 Å². The van der Waals surface area contributed by atoms with Gasteiger partial charge in [-0.15, -0.1) is 11.6 Å². The van der Waals surface area contributed by atoms with E-state index >= 15 is 0 Å². The van der Waals surface area contributed by atoms with Crippen LogP contribution in [0.1, 0.15) is 131 Å². The molecule has 0 N–H and O–H groups in total. The lowest BCUT2D eigenvalue weighted by Gasteiger charge is -2.34. The average Bonchev–Trinajstić information content (AvgIpc) is 3.86. The zero-order valence-corrected chi connectivity index (χ0v) is 33.5. The third kappa shape index (κ3) is 4.85. The van der Waals surface area contributed by atoms with Crippen molar-refractivity contribution >= 4 is 30.5 Å². The number of ether oxygens (including phenoxy) is 12. The zero-order chi connectivity index (χ0) is 40.5. The summed E-state index contributed by atoms with van der Waals surface area (Å²) >= 11 is 8.58. The van der Waals surface area contributed by atoms with E-state index in [0.29, 0.717) is 18.9 Å². The smallest absolute Gasteiger partial charge is 0.246 e. The van der Waals surface area contributed by atoms with Crippen LogP contribution in [-0.4, -0.2) is 53.6 Å². The van der Waals surface area contributed by atoms with Crippen molar-refractivity contribution < 1.29 is 71.2 Å². The van der Waals surface area contributed by atoms with E-state index in [2.05, 4.69) is 0 Å². The lowest BCUT2D eigenvalue weighted by atomic mass is 9.78. The van der Waals surface area contributed by atoms with E-state index in [1.54, 1.807) is 83.1 Å². The van der Waals surface area contributed by atoms with Crippen LogP contribution in [0.5, 0.6) is 69.0 Å². The molecule has 16 heteroatoms. The highest BCUT2D eigenvalue weighted by atomic mass is 35.5. The zero-order valence-electron chi connectivity index (χ0n) is 32.7. The Bertz CT molecular complexity index is 1980. The Balaban J connectivity index is 1.55.